The standard InChI is InChI=1S/C15H13N7S/c1-2-11-6-12-13(18-9-19-14(12)23-11)21-10-7-20-22(8-10)15-16-4-3-5-17-15/h3-9H,2H2,1H3,(H,18,19,21). The van der Waals surface area contributed by atoms with E-state index in [-0.39, 0.29) is 0 Å². The van der Waals surface area contributed by atoms with Crippen LogP contribution >= 0.6 is 11.3 Å². The third-order valence-corrected chi connectivity index (χ3v) is 4.52. The van der Waals surface area contributed by atoms with Gasteiger partial charge in [-0.05, 0) is 18.6 Å². The highest BCUT2D eigenvalue weighted by Gasteiger charge is 2.10. The summed E-state index contributed by atoms with van der Waals surface area (Å²) in [4.78, 5) is 19.3. The van der Waals surface area contributed by atoms with Gasteiger partial charge >= 0.3 is 0 Å². The van der Waals surface area contributed by atoms with E-state index in [9.17, 15) is 0 Å². The number of thiophene rings is 1. The minimum atomic E-state index is 0.525. The van der Waals surface area contributed by atoms with E-state index in [0.717, 1.165) is 28.1 Å². The van der Waals surface area contributed by atoms with Crippen molar-refractivity contribution in [2.45, 2.75) is 13.3 Å². The van der Waals surface area contributed by atoms with Crippen molar-refractivity contribution in [2.24, 2.45) is 0 Å². The zero-order chi connectivity index (χ0) is 15.6. The van der Waals surface area contributed by atoms with Gasteiger partial charge in [0.05, 0.1) is 23.5 Å². The van der Waals surface area contributed by atoms with Gasteiger partial charge in [0.2, 0.25) is 5.95 Å². The molecule has 0 aliphatic rings. The molecule has 0 amide bonds. The monoisotopic (exact) mass is 323 g/mol. The number of nitrogens with one attached hydrogen (secondary N) is 1. The maximum absolute atomic E-state index is 4.35. The highest BCUT2D eigenvalue weighted by Crippen LogP contribution is 2.30. The van der Waals surface area contributed by atoms with Gasteiger partial charge in [-0.2, -0.15) is 5.10 Å². The fourth-order valence-corrected chi connectivity index (χ4v) is 3.16. The number of hydrogen-bond donors (Lipinski definition) is 1. The molecule has 0 fully saturated rings. The van der Waals surface area contributed by atoms with Crippen LogP contribution in [0.3, 0.4) is 0 Å². The summed E-state index contributed by atoms with van der Waals surface area (Å²) in [5, 5.41) is 8.59. The van der Waals surface area contributed by atoms with Crippen molar-refractivity contribution in [3.8, 4) is 5.95 Å². The van der Waals surface area contributed by atoms with Crippen LogP contribution in [0, 0.1) is 0 Å². The molecule has 4 aromatic rings. The van der Waals surface area contributed by atoms with E-state index in [1.54, 1.807) is 47.0 Å². The number of aryl methyl sites for hydroxylation is 1. The quantitative estimate of drug-likeness (QED) is 0.622. The first-order valence-electron chi connectivity index (χ1n) is 7.16. The molecule has 4 rings (SSSR count). The zero-order valence-electron chi connectivity index (χ0n) is 12.3. The minimum absolute atomic E-state index is 0.525. The van der Waals surface area contributed by atoms with Gasteiger partial charge < -0.3 is 5.32 Å². The number of rotatable bonds is 4. The molecule has 0 atom stereocenters. The average molecular weight is 323 g/mol. The smallest absolute Gasteiger partial charge is 0.250 e. The summed E-state index contributed by atoms with van der Waals surface area (Å²) in [6.45, 7) is 2.13. The summed E-state index contributed by atoms with van der Waals surface area (Å²) in [6, 6.07) is 3.90. The fourth-order valence-electron chi connectivity index (χ4n) is 2.22. The molecule has 0 aromatic carbocycles. The van der Waals surface area contributed by atoms with Crippen LogP contribution in [0.4, 0.5) is 11.5 Å². The van der Waals surface area contributed by atoms with Gasteiger partial charge in [0.15, 0.2) is 0 Å². The van der Waals surface area contributed by atoms with E-state index in [2.05, 4.69) is 43.3 Å². The number of nitrogens with zero attached hydrogens (tertiary/aromatic N) is 6. The van der Waals surface area contributed by atoms with E-state index >= 15 is 0 Å². The Labute approximate surface area is 136 Å². The molecule has 0 radical (unpaired) electrons. The maximum Gasteiger partial charge on any atom is 0.250 e. The van der Waals surface area contributed by atoms with Crippen LogP contribution in [-0.4, -0.2) is 29.7 Å². The van der Waals surface area contributed by atoms with Crippen molar-refractivity contribution in [2.75, 3.05) is 5.32 Å². The third-order valence-electron chi connectivity index (χ3n) is 3.33. The van der Waals surface area contributed by atoms with Crippen molar-refractivity contribution in [3.63, 3.8) is 0 Å². The number of fused-ring (bicyclic) bond motifs is 1. The lowest BCUT2D eigenvalue weighted by Gasteiger charge is -2.02. The van der Waals surface area contributed by atoms with E-state index in [0.29, 0.717) is 5.95 Å². The summed E-state index contributed by atoms with van der Waals surface area (Å²) in [5.41, 5.74) is 0.821. The maximum atomic E-state index is 4.35. The van der Waals surface area contributed by atoms with E-state index < -0.39 is 0 Å². The van der Waals surface area contributed by atoms with Crippen molar-refractivity contribution >= 4 is 33.1 Å². The summed E-state index contributed by atoms with van der Waals surface area (Å²) in [5.74, 6) is 1.30. The highest BCUT2D eigenvalue weighted by molar-refractivity contribution is 7.18. The van der Waals surface area contributed by atoms with E-state index in [1.165, 1.54) is 4.88 Å². The lowest BCUT2D eigenvalue weighted by Crippen LogP contribution is -1.99. The molecule has 8 heteroatoms. The predicted molar refractivity (Wildman–Crippen MR) is 89.2 cm³/mol. The van der Waals surface area contributed by atoms with Gasteiger partial charge in [0.1, 0.15) is 17.0 Å². The average Bonchev–Trinajstić information content (AvgIpc) is 3.22. The van der Waals surface area contributed by atoms with Crippen LogP contribution in [0.15, 0.2) is 43.2 Å². The first kappa shape index (κ1) is 13.8. The van der Waals surface area contributed by atoms with Gasteiger partial charge in [-0.25, -0.2) is 24.6 Å². The molecule has 7 nitrogen and oxygen atoms in total. The number of aromatic nitrogens is 6. The molecule has 0 bridgehead atoms. The second-order valence-corrected chi connectivity index (χ2v) is 5.97. The lowest BCUT2D eigenvalue weighted by atomic mass is 10.3. The van der Waals surface area contributed by atoms with Crippen molar-refractivity contribution in [3.05, 3.63) is 48.1 Å². The molecule has 0 aliphatic carbocycles. The van der Waals surface area contributed by atoms with E-state index in [1.807, 2.05) is 6.20 Å². The minimum Gasteiger partial charge on any atom is -0.337 e. The molecular weight excluding hydrogens is 310 g/mol. The van der Waals surface area contributed by atoms with Gasteiger partial charge in [0.25, 0.3) is 0 Å². The summed E-state index contributed by atoms with van der Waals surface area (Å²) in [7, 11) is 0. The fraction of sp³-hybridized carbons (Fsp3) is 0.133. The molecule has 4 aromatic heterocycles. The SMILES string of the molecule is CCc1cc2c(Nc3cnn(-c4ncccn4)c3)ncnc2s1. The van der Waals surface area contributed by atoms with Crippen LogP contribution in [0.1, 0.15) is 11.8 Å². The van der Waals surface area contributed by atoms with Crippen LogP contribution < -0.4 is 5.32 Å². The van der Waals surface area contributed by atoms with Crippen molar-refractivity contribution < 1.29 is 0 Å². The largest absolute Gasteiger partial charge is 0.337 e. The molecular formula is C15H13N7S. The van der Waals surface area contributed by atoms with Gasteiger partial charge in [-0.1, -0.05) is 6.92 Å². The Morgan fingerprint density at radius 1 is 1.17 bits per heavy atom. The second kappa shape index (κ2) is 5.73. The van der Waals surface area contributed by atoms with Crippen molar-refractivity contribution in [1.29, 1.82) is 0 Å². The molecule has 0 spiro atoms. The Morgan fingerprint density at radius 2 is 2.04 bits per heavy atom. The number of anilines is 2. The zero-order valence-corrected chi connectivity index (χ0v) is 13.2. The molecule has 114 valence electrons. The Bertz CT molecular complexity index is 945. The molecule has 0 aliphatic heterocycles. The van der Waals surface area contributed by atoms with E-state index in [4.69, 9.17) is 0 Å². The summed E-state index contributed by atoms with van der Waals surface area (Å²) >= 11 is 1.69. The van der Waals surface area contributed by atoms with Gasteiger partial charge in [-0.3, -0.25) is 0 Å². The highest BCUT2D eigenvalue weighted by atomic mass is 32.1. The van der Waals surface area contributed by atoms with Crippen LogP contribution in [0.2, 0.25) is 0 Å². The molecule has 0 saturated carbocycles. The van der Waals surface area contributed by atoms with Crippen LogP contribution in [0.5, 0.6) is 0 Å². The summed E-state index contributed by atoms with van der Waals surface area (Å²) in [6.07, 6.45) is 9.48. The predicted octanol–water partition coefficient (Wildman–Crippen LogP) is 2.97. The van der Waals surface area contributed by atoms with Crippen LogP contribution in [0.25, 0.3) is 16.2 Å². The summed E-state index contributed by atoms with van der Waals surface area (Å²) < 4.78 is 1.62. The molecule has 0 unspecified atom stereocenters. The van der Waals surface area contributed by atoms with Crippen LogP contribution in [-0.2, 0) is 6.42 Å². The molecule has 1 N–H and O–H groups in total. The Morgan fingerprint density at radius 3 is 2.87 bits per heavy atom. The Kier molecular flexibility index (Phi) is 3.43. The molecule has 23 heavy (non-hydrogen) atoms. The second-order valence-electron chi connectivity index (χ2n) is 4.85. The molecule has 4 heterocycles. The first-order chi connectivity index (χ1) is 11.3. The topological polar surface area (TPSA) is 81.4 Å². The number of hydrogen-bond acceptors (Lipinski definition) is 7. The van der Waals surface area contributed by atoms with Gasteiger partial charge in [-0.15, -0.1) is 11.3 Å². The Balaban J connectivity index is 1.66. The van der Waals surface area contributed by atoms with Gasteiger partial charge in [0, 0.05) is 17.3 Å². The first-order valence-corrected chi connectivity index (χ1v) is 7.97. The third kappa shape index (κ3) is 2.64. The lowest BCUT2D eigenvalue weighted by molar-refractivity contribution is 0.808. The normalized spacial score (nSPS) is 11.0. The molecule has 0 saturated heterocycles. The Hall–Kier alpha value is -2.87. The van der Waals surface area contributed by atoms with Crippen molar-refractivity contribution in [1.82, 2.24) is 29.7 Å².